The van der Waals surface area contributed by atoms with Crippen LogP contribution in [0.25, 0.3) is 0 Å². The Morgan fingerprint density at radius 2 is 2.06 bits per heavy atom. The van der Waals surface area contributed by atoms with Gasteiger partial charge in [0.1, 0.15) is 0 Å². The van der Waals surface area contributed by atoms with Gasteiger partial charge in [0.15, 0.2) is 0 Å². The molecule has 0 saturated heterocycles. The number of nitrogens with one attached hydrogen (secondary N) is 1. The molecule has 0 spiro atoms. The van der Waals surface area contributed by atoms with Crippen molar-refractivity contribution in [1.82, 2.24) is 20.2 Å². The maximum Gasteiger partial charge on any atom is 0.0760 e. The molecule has 0 aromatic carbocycles. The quantitative estimate of drug-likeness (QED) is 0.610. The lowest BCUT2D eigenvalue weighted by atomic mass is 9.98. The van der Waals surface area contributed by atoms with Gasteiger partial charge < -0.3 is 0 Å². The molecule has 2 aromatic rings. The van der Waals surface area contributed by atoms with E-state index in [1.54, 1.807) is 6.20 Å². The van der Waals surface area contributed by atoms with Gasteiger partial charge in [-0.3, -0.25) is 15.5 Å². The van der Waals surface area contributed by atoms with E-state index in [0.29, 0.717) is 0 Å². The molecule has 2 aromatic heterocycles. The number of aromatic nitrogens is 3. The van der Waals surface area contributed by atoms with Crippen LogP contribution in [0.2, 0.25) is 0 Å². The number of rotatable bonds is 3. The second-order valence-electron chi connectivity index (χ2n) is 4.14. The summed E-state index contributed by atoms with van der Waals surface area (Å²) in [4.78, 5) is 4.15. The Hall–Kier alpha value is -1.72. The Bertz CT molecular complexity index is 517. The van der Waals surface area contributed by atoms with Crippen LogP contribution in [0.4, 0.5) is 0 Å². The van der Waals surface area contributed by atoms with Crippen molar-refractivity contribution < 1.29 is 0 Å². The molecular weight excluding hydrogens is 214 g/mol. The summed E-state index contributed by atoms with van der Waals surface area (Å²) >= 11 is 0. The lowest BCUT2D eigenvalue weighted by molar-refractivity contribution is 0.625. The third-order valence-electron chi connectivity index (χ3n) is 3.14. The molecule has 2 heterocycles. The zero-order valence-corrected chi connectivity index (χ0v) is 10.3. The standard InChI is InChI=1S/C12H17N5/c1-8-4-5-14-6-10(8)12(16-13)11-7-15-17(3)9(11)2/h4-7,12,16H,13H2,1-3H3. The molecule has 0 aliphatic heterocycles. The molecule has 0 saturated carbocycles. The Kier molecular flexibility index (Phi) is 3.21. The van der Waals surface area contributed by atoms with Crippen LogP contribution < -0.4 is 11.3 Å². The molecule has 90 valence electrons. The topological polar surface area (TPSA) is 68.8 Å². The van der Waals surface area contributed by atoms with Crippen molar-refractivity contribution in [1.29, 1.82) is 0 Å². The second kappa shape index (κ2) is 4.65. The summed E-state index contributed by atoms with van der Waals surface area (Å²) in [5.74, 6) is 5.67. The smallest absolute Gasteiger partial charge is 0.0760 e. The monoisotopic (exact) mass is 231 g/mol. The first-order chi connectivity index (χ1) is 8.15. The van der Waals surface area contributed by atoms with Crippen molar-refractivity contribution in [3.63, 3.8) is 0 Å². The highest BCUT2D eigenvalue weighted by molar-refractivity contribution is 5.35. The maximum absolute atomic E-state index is 5.67. The first-order valence-corrected chi connectivity index (χ1v) is 5.50. The number of hydrogen-bond acceptors (Lipinski definition) is 4. The fourth-order valence-electron chi connectivity index (χ4n) is 1.92. The van der Waals surface area contributed by atoms with Gasteiger partial charge >= 0.3 is 0 Å². The van der Waals surface area contributed by atoms with Gasteiger partial charge in [0.25, 0.3) is 0 Å². The number of aryl methyl sites for hydroxylation is 2. The van der Waals surface area contributed by atoms with E-state index in [-0.39, 0.29) is 6.04 Å². The van der Waals surface area contributed by atoms with Crippen molar-refractivity contribution in [2.45, 2.75) is 19.9 Å². The molecule has 0 amide bonds. The predicted octanol–water partition coefficient (Wildman–Crippen LogP) is 0.985. The molecule has 5 nitrogen and oxygen atoms in total. The first-order valence-electron chi connectivity index (χ1n) is 5.50. The van der Waals surface area contributed by atoms with Gasteiger partial charge in [-0.1, -0.05) is 0 Å². The van der Waals surface area contributed by atoms with E-state index in [4.69, 9.17) is 5.84 Å². The average molecular weight is 231 g/mol. The molecule has 0 aliphatic carbocycles. The number of nitrogens with zero attached hydrogens (tertiary/aromatic N) is 3. The van der Waals surface area contributed by atoms with Crippen molar-refractivity contribution in [2.75, 3.05) is 0 Å². The zero-order chi connectivity index (χ0) is 12.4. The Morgan fingerprint density at radius 1 is 1.29 bits per heavy atom. The van der Waals surface area contributed by atoms with E-state index in [1.165, 1.54) is 0 Å². The minimum Gasteiger partial charge on any atom is -0.273 e. The van der Waals surface area contributed by atoms with Gasteiger partial charge in [0, 0.05) is 30.7 Å². The number of hydrazine groups is 1. The van der Waals surface area contributed by atoms with E-state index in [9.17, 15) is 0 Å². The normalized spacial score (nSPS) is 12.7. The highest BCUT2D eigenvalue weighted by Gasteiger charge is 2.19. The molecule has 3 N–H and O–H groups in total. The number of hydrogen-bond donors (Lipinski definition) is 2. The second-order valence-corrected chi connectivity index (χ2v) is 4.14. The average Bonchev–Trinajstić information content (AvgIpc) is 2.65. The molecule has 1 unspecified atom stereocenters. The van der Waals surface area contributed by atoms with Gasteiger partial charge in [-0.15, -0.1) is 0 Å². The van der Waals surface area contributed by atoms with Crippen LogP contribution in [-0.2, 0) is 7.05 Å². The predicted molar refractivity (Wildman–Crippen MR) is 66.1 cm³/mol. The summed E-state index contributed by atoms with van der Waals surface area (Å²) in [5, 5.41) is 4.24. The Labute approximate surface area is 101 Å². The molecule has 17 heavy (non-hydrogen) atoms. The zero-order valence-electron chi connectivity index (χ0n) is 10.3. The third-order valence-corrected chi connectivity index (χ3v) is 3.14. The molecular formula is C12H17N5. The van der Waals surface area contributed by atoms with Crippen molar-refractivity contribution in [2.24, 2.45) is 12.9 Å². The highest BCUT2D eigenvalue weighted by atomic mass is 15.3. The molecule has 5 heteroatoms. The highest BCUT2D eigenvalue weighted by Crippen LogP contribution is 2.25. The minimum absolute atomic E-state index is 0.0719. The van der Waals surface area contributed by atoms with Crippen LogP contribution in [0.15, 0.2) is 24.7 Å². The number of pyridine rings is 1. The molecule has 0 radical (unpaired) electrons. The molecule has 1 atom stereocenters. The summed E-state index contributed by atoms with van der Waals surface area (Å²) in [6.07, 6.45) is 5.46. The maximum atomic E-state index is 5.67. The van der Waals surface area contributed by atoms with E-state index in [1.807, 2.05) is 44.0 Å². The van der Waals surface area contributed by atoms with E-state index in [2.05, 4.69) is 15.5 Å². The Balaban J connectivity index is 2.48. The summed E-state index contributed by atoms with van der Waals surface area (Å²) in [6.45, 7) is 4.07. The summed E-state index contributed by atoms with van der Waals surface area (Å²) < 4.78 is 1.84. The van der Waals surface area contributed by atoms with Gasteiger partial charge in [-0.2, -0.15) is 5.10 Å². The first kappa shape index (κ1) is 11.8. The Morgan fingerprint density at radius 3 is 2.59 bits per heavy atom. The van der Waals surface area contributed by atoms with Crippen LogP contribution >= 0.6 is 0 Å². The van der Waals surface area contributed by atoms with Crippen LogP contribution in [0, 0.1) is 13.8 Å². The lowest BCUT2D eigenvalue weighted by Crippen LogP contribution is -2.29. The SMILES string of the molecule is Cc1ccncc1C(NN)c1cnn(C)c1C. The summed E-state index contributed by atoms with van der Waals surface area (Å²) in [7, 11) is 1.92. The van der Waals surface area contributed by atoms with E-state index < -0.39 is 0 Å². The van der Waals surface area contributed by atoms with Crippen molar-refractivity contribution in [3.05, 3.63) is 47.0 Å². The van der Waals surface area contributed by atoms with Crippen LogP contribution in [-0.4, -0.2) is 14.8 Å². The summed E-state index contributed by atoms with van der Waals surface area (Å²) in [5.41, 5.74) is 7.24. The summed E-state index contributed by atoms with van der Waals surface area (Å²) in [6, 6.07) is 1.91. The van der Waals surface area contributed by atoms with Gasteiger partial charge in [-0.25, -0.2) is 5.43 Å². The third kappa shape index (κ3) is 2.07. The van der Waals surface area contributed by atoms with Gasteiger partial charge in [-0.05, 0) is 31.0 Å². The molecule has 0 fully saturated rings. The fourth-order valence-corrected chi connectivity index (χ4v) is 1.92. The van der Waals surface area contributed by atoms with Crippen LogP contribution in [0.5, 0.6) is 0 Å². The molecule has 2 rings (SSSR count). The lowest BCUT2D eigenvalue weighted by Gasteiger charge is -2.17. The van der Waals surface area contributed by atoms with Gasteiger partial charge in [0.05, 0.1) is 12.2 Å². The fraction of sp³-hybridized carbons (Fsp3) is 0.333. The molecule has 0 aliphatic rings. The van der Waals surface area contributed by atoms with E-state index in [0.717, 1.165) is 22.4 Å². The molecule has 0 bridgehead atoms. The van der Waals surface area contributed by atoms with Crippen LogP contribution in [0.1, 0.15) is 28.4 Å². The van der Waals surface area contributed by atoms with Crippen molar-refractivity contribution >= 4 is 0 Å². The minimum atomic E-state index is -0.0719. The van der Waals surface area contributed by atoms with Crippen molar-refractivity contribution in [3.8, 4) is 0 Å². The van der Waals surface area contributed by atoms with Crippen LogP contribution in [0.3, 0.4) is 0 Å². The number of nitrogens with two attached hydrogens (primary N) is 1. The largest absolute Gasteiger partial charge is 0.273 e. The van der Waals surface area contributed by atoms with E-state index >= 15 is 0 Å². The van der Waals surface area contributed by atoms with Gasteiger partial charge in [0.2, 0.25) is 0 Å².